The molecule has 1 heterocycles. The predicted molar refractivity (Wildman–Crippen MR) is 93.9 cm³/mol. The number of rotatable bonds is 7. The van der Waals surface area contributed by atoms with Crippen LogP contribution in [0.15, 0.2) is 0 Å². The number of hydrogen-bond donors (Lipinski definition) is 1. The van der Waals surface area contributed by atoms with Crippen molar-refractivity contribution in [3.63, 3.8) is 0 Å². The van der Waals surface area contributed by atoms with E-state index in [0.717, 1.165) is 0 Å². The fourth-order valence-corrected chi connectivity index (χ4v) is 6.10. The van der Waals surface area contributed by atoms with Crippen LogP contribution in [0.1, 0.15) is 44.9 Å². The number of hydrogen-bond acceptors (Lipinski definition) is 7. The Balaban J connectivity index is 1.56. The van der Waals surface area contributed by atoms with Gasteiger partial charge in [0.1, 0.15) is 5.60 Å². The maximum absolute atomic E-state index is 14.2. The largest absolute Gasteiger partial charge is 0.477 e. The zero-order valence-corrected chi connectivity index (χ0v) is 17.5. The summed E-state index contributed by atoms with van der Waals surface area (Å²) < 4.78 is 97.4. The molecule has 5 rings (SSSR count). The van der Waals surface area contributed by atoms with Crippen LogP contribution in [0.3, 0.4) is 0 Å². The molecule has 8 nitrogen and oxygen atoms in total. The molecule has 4 aliphatic carbocycles. The fraction of sp³-hybridized carbons (Fsp3) is 0.800. The third-order valence-electron chi connectivity index (χ3n) is 7.20. The van der Waals surface area contributed by atoms with Gasteiger partial charge >= 0.3 is 41.6 Å². The number of carboxylic acids is 1. The Morgan fingerprint density at radius 3 is 2.06 bits per heavy atom. The molecule has 3 unspecified atom stereocenters. The summed E-state index contributed by atoms with van der Waals surface area (Å²) in [6.45, 7) is 0.0425. The molecule has 4 bridgehead atoms. The summed E-state index contributed by atoms with van der Waals surface area (Å²) in [6.07, 6.45) is -0.535. The molecule has 0 spiro atoms. The van der Waals surface area contributed by atoms with Gasteiger partial charge in [0.2, 0.25) is 6.10 Å². The molecule has 190 valence electrons. The number of alkyl halides is 6. The summed E-state index contributed by atoms with van der Waals surface area (Å²) >= 11 is 0. The van der Waals surface area contributed by atoms with E-state index in [1.807, 2.05) is 0 Å². The number of carbonyl (C=O) groups is 4. The molecule has 1 aliphatic heterocycles. The Kier molecular flexibility index (Phi) is 5.41. The highest BCUT2D eigenvalue weighted by Crippen LogP contribution is 2.63. The fourth-order valence-electron chi connectivity index (χ4n) is 6.10. The molecule has 0 aromatic carbocycles. The Hall–Kier alpha value is -2.54. The lowest BCUT2D eigenvalue weighted by Gasteiger charge is -2.59. The van der Waals surface area contributed by atoms with Crippen molar-refractivity contribution in [1.82, 2.24) is 0 Å². The number of carbonyl (C=O) groups excluding carboxylic acids is 3. The van der Waals surface area contributed by atoms with Crippen LogP contribution in [0.25, 0.3) is 0 Å². The lowest BCUT2D eigenvalue weighted by molar-refractivity contribution is -0.306. The second-order valence-corrected chi connectivity index (χ2v) is 9.69. The van der Waals surface area contributed by atoms with Crippen LogP contribution in [-0.4, -0.2) is 65.1 Å². The first-order chi connectivity index (χ1) is 15.6. The van der Waals surface area contributed by atoms with Gasteiger partial charge in [0, 0.05) is 12.8 Å². The summed E-state index contributed by atoms with van der Waals surface area (Å²) in [5, 5.41) is 8.26. The van der Waals surface area contributed by atoms with Gasteiger partial charge in [0.05, 0.1) is 12.0 Å². The van der Waals surface area contributed by atoms with Crippen LogP contribution in [0.4, 0.5) is 26.3 Å². The minimum Gasteiger partial charge on any atom is -0.477 e. The highest BCUT2D eigenvalue weighted by molar-refractivity contribution is 5.85. The number of esters is 3. The average molecular weight is 502 g/mol. The zero-order chi connectivity index (χ0) is 25.3. The van der Waals surface area contributed by atoms with Crippen molar-refractivity contribution in [3.8, 4) is 0 Å². The Morgan fingerprint density at radius 1 is 0.971 bits per heavy atom. The summed E-state index contributed by atoms with van der Waals surface area (Å²) in [5.41, 5.74) is -3.16. The third kappa shape index (κ3) is 3.51. The lowest BCUT2D eigenvalue weighted by atomic mass is 9.48. The molecule has 3 atom stereocenters. The molecule has 5 aliphatic rings. The van der Waals surface area contributed by atoms with Crippen LogP contribution in [0, 0.1) is 17.3 Å². The van der Waals surface area contributed by atoms with Crippen molar-refractivity contribution in [3.05, 3.63) is 0 Å². The standard InChI is InChI=1S/C20H20F6O8/c21-18(22,13(28)29)20(25,26)19(23,24)15(31)34-17-6-9-3-10(7-17)5-16(4-9,8-17)14(30)33-11-1-2-32-12(11)27/h9-11H,1-8H2,(H,28,29). The van der Waals surface area contributed by atoms with Gasteiger partial charge in [-0.1, -0.05) is 0 Å². The molecule has 1 saturated heterocycles. The number of ether oxygens (including phenoxy) is 3. The molecule has 1 N–H and O–H groups in total. The first-order valence-corrected chi connectivity index (χ1v) is 10.5. The highest BCUT2D eigenvalue weighted by atomic mass is 19.3. The Bertz CT molecular complexity index is 920. The number of cyclic esters (lactones) is 1. The maximum atomic E-state index is 14.2. The zero-order valence-electron chi connectivity index (χ0n) is 17.5. The monoisotopic (exact) mass is 502 g/mol. The van der Waals surface area contributed by atoms with Crippen molar-refractivity contribution in [1.29, 1.82) is 0 Å². The topological polar surface area (TPSA) is 116 Å². The van der Waals surface area contributed by atoms with E-state index in [4.69, 9.17) is 19.3 Å². The maximum Gasteiger partial charge on any atom is 0.411 e. The van der Waals surface area contributed by atoms with Crippen LogP contribution >= 0.6 is 0 Å². The van der Waals surface area contributed by atoms with Crippen LogP contribution in [0.5, 0.6) is 0 Å². The molecule has 0 amide bonds. The second-order valence-electron chi connectivity index (χ2n) is 9.69. The van der Waals surface area contributed by atoms with Crippen LogP contribution in [-0.2, 0) is 33.4 Å². The summed E-state index contributed by atoms with van der Waals surface area (Å²) in [7, 11) is 0. The lowest BCUT2D eigenvalue weighted by Crippen LogP contribution is -2.64. The second kappa shape index (κ2) is 7.48. The molecule has 0 aromatic rings. The Morgan fingerprint density at radius 2 is 1.56 bits per heavy atom. The van der Waals surface area contributed by atoms with E-state index < -0.39 is 58.8 Å². The van der Waals surface area contributed by atoms with E-state index in [0.29, 0.717) is 6.42 Å². The molecule has 14 heteroatoms. The first-order valence-electron chi connectivity index (χ1n) is 10.5. The molecular weight excluding hydrogens is 482 g/mol. The molecular formula is C20H20F6O8. The van der Waals surface area contributed by atoms with E-state index in [1.54, 1.807) is 0 Å². The van der Waals surface area contributed by atoms with Crippen molar-refractivity contribution >= 4 is 23.9 Å². The SMILES string of the molecule is O=C1OCCC1OC(=O)C12CC3CC(CC(OC(=O)C(F)(F)C(F)(F)C(F)(F)C(=O)O)(C3)C1)C2. The van der Waals surface area contributed by atoms with E-state index in [1.165, 1.54) is 0 Å². The van der Waals surface area contributed by atoms with E-state index in [-0.39, 0.29) is 57.0 Å². The van der Waals surface area contributed by atoms with E-state index >= 15 is 0 Å². The first kappa shape index (κ1) is 24.6. The van der Waals surface area contributed by atoms with Crippen molar-refractivity contribution < 1.29 is 64.8 Å². The highest BCUT2D eigenvalue weighted by Gasteiger charge is 2.80. The van der Waals surface area contributed by atoms with Crippen molar-refractivity contribution in [2.45, 2.75) is 74.4 Å². The normalized spacial score (nSPS) is 35.1. The van der Waals surface area contributed by atoms with Gasteiger partial charge in [0.25, 0.3) is 0 Å². The Labute approximate surface area is 187 Å². The predicted octanol–water partition coefficient (Wildman–Crippen LogP) is 2.72. The van der Waals surface area contributed by atoms with Crippen molar-refractivity contribution in [2.75, 3.05) is 6.61 Å². The molecule has 0 aromatic heterocycles. The minimum absolute atomic E-state index is 0.0425. The van der Waals surface area contributed by atoms with Gasteiger partial charge in [-0.2, -0.15) is 26.3 Å². The van der Waals surface area contributed by atoms with Crippen molar-refractivity contribution in [2.24, 2.45) is 17.3 Å². The number of halogens is 6. The van der Waals surface area contributed by atoms with Gasteiger partial charge in [-0.3, -0.25) is 4.79 Å². The minimum atomic E-state index is -6.58. The van der Waals surface area contributed by atoms with E-state index in [2.05, 4.69) is 0 Å². The van der Waals surface area contributed by atoms with Gasteiger partial charge in [-0.05, 0) is 43.9 Å². The molecule has 34 heavy (non-hydrogen) atoms. The average Bonchev–Trinajstić information content (AvgIpc) is 3.10. The van der Waals surface area contributed by atoms with E-state index in [9.17, 15) is 45.5 Å². The summed E-state index contributed by atoms with van der Waals surface area (Å²) in [6, 6.07) is 0. The van der Waals surface area contributed by atoms with Crippen LogP contribution in [0.2, 0.25) is 0 Å². The van der Waals surface area contributed by atoms with Crippen LogP contribution < -0.4 is 0 Å². The summed E-state index contributed by atoms with van der Waals surface area (Å²) in [5.74, 6) is -27.8. The third-order valence-corrected chi connectivity index (χ3v) is 7.20. The quantitative estimate of drug-likeness (QED) is 0.321. The van der Waals surface area contributed by atoms with Gasteiger partial charge in [0.15, 0.2) is 0 Å². The smallest absolute Gasteiger partial charge is 0.411 e. The molecule has 4 saturated carbocycles. The molecule has 5 fully saturated rings. The van der Waals surface area contributed by atoms with Gasteiger partial charge in [-0.15, -0.1) is 0 Å². The number of aliphatic carboxylic acids is 1. The van der Waals surface area contributed by atoms with Gasteiger partial charge < -0.3 is 19.3 Å². The number of carboxylic acid groups (broad SMARTS) is 1. The summed E-state index contributed by atoms with van der Waals surface area (Å²) in [4.78, 5) is 47.2. The molecule has 0 radical (unpaired) electrons. The van der Waals surface area contributed by atoms with Gasteiger partial charge in [-0.25, -0.2) is 14.4 Å².